The Morgan fingerprint density at radius 1 is 1.45 bits per heavy atom. The first kappa shape index (κ1) is 14.3. The van der Waals surface area contributed by atoms with Crippen LogP contribution >= 0.6 is 0 Å². The molecule has 2 rings (SSSR count). The van der Waals surface area contributed by atoms with Crippen molar-refractivity contribution in [3.05, 3.63) is 40.6 Å². The number of nitrogens with one attached hydrogen (secondary N) is 1. The van der Waals surface area contributed by atoms with Crippen molar-refractivity contribution < 1.29 is 13.9 Å². The third kappa shape index (κ3) is 2.75. The summed E-state index contributed by atoms with van der Waals surface area (Å²) in [7, 11) is 3.27. The van der Waals surface area contributed by atoms with Gasteiger partial charge in [-0.1, -0.05) is 0 Å². The van der Waals surface area contributed by atoms with E-state index in [-0.39, 0.29) is 5.76 Å². The van der Waals surface area contributed by atoms with Crippen LogP contribution in [-0.2, 0) is 24.9 Å². The summed E-state index contributed by atoms with van der Waals surface area (Å²) < 4.78 is 11.7. The third-order valence-corrected chi connectivity index (χ3v) is 3.39. The van der Waals surface area contributed by atoms with Gasteiger partial charge in [-0.15, -0.1) is 0 Å². The number of aromatic nitrogens is 2. The average molecular weight is 277 g/mol. The molecule has 0 atom stereocenters. The second kappa shape index (κ2) is 5.92. The molecule has 0 aromatic carbocycles. The summed E-state index contributed by atoms with van der Waals surface area (Å²) in [5.74, 6) is -0.208. The first-order valence-electron chi connectivity index (χ1n) is 6.39. The van der Waals surface area contributed by atoms with Crippen LogP contribution in [0.1, 0.15) is 33.1 Å². The lowest BCUT2D eigenvalue weighted by Gasteiger charge is -2.05. The van der Waals surface area contributed by atoms with Crippen LogP contribution in [0.2, 0.25) is 0 Å². The van der Waals surface area contributed by atoms with E-state index in [4.69, 9.17) is 4.42 Å². The van der Waals surface area contributed by atoms with Crippen LogP contribution in [0, 0.1) is 13.8 Å². The van der Waals surface area contributed by atoms with Crippen molar-refractivity contribution in [1.29, 1.82) is 0 Å². The maximum Gasteiger partial charge on any atom is 0.374 e. The largest absolute Gasteiger partial charge is 0.463 e. The van der Waals surface area contributed by atoms with Crippen molar-refractivity contribution in [3.8, 4) is 0 Å². The van der Waals surface area contributed by atoms with Crippen LogP contribution in [0.4, 0.5) is 0 Å². The fraction of sp³-hybridized carbons (Fsp3) is 0.429. The summed E-state index contributed by atoms with van der Waals surface area (Å²) in [6, 6.07) is 1.77. The molecule has 0 aliphatic heterocycles. The molecule has 20 heavy (non-hydrogen) atoms. The molecule has 6 nitrogen and oxygen atoms in total. The van der Waals surface area contributed by atoms with Crippen LogP contribution in [0.15, 0.2) is 16.7 Å². The molecule has 0 saturated heterocycles. The Labute approximate surface area is 117 Å². The standard InChI is InChI=1S/C14H19N3O3/c1-9-12(10(2)17(3)16-9)8-15-7-11-5-6-20-13(11)14(18)19-4/h5-6,15H,7-8H2,1-4H3. The lowest BCUT2D eigenvalue weighted by atomic mass is 10.2. The van der Waals surface area contributed by atoms with Crippen molar-refractivity contribution >= 4 is 5.97 Å². The van der Waals surface area contributed by atoms with Gasteiger partial charge >= 0.3 is 5.97 Å². The van der Waals surface area contributed by atoms with Gasteiger partial charge in [0.25, 0.3) is 0 Å². The minimum absolute atomic E-state index is 0.250. The van der Waals surface area contributed by atoms with Crippen LogP contribution in [-0.4, -0.2) is 22.9 Å². The molecule has 2 heterocycles. The monoisotopic (exact) mass is 277 g/mol. The van der Waals surface area contributed by atoms with E-state index in [1.165, 1.54) is 18.9 Å². The predicted molar refractivity (Wildman–Crippen MR) is 73.3 cm³/mol. The number of carbonyl (C=O) groups excluding carboxylic acids is 1. The molecule has 108 valence electrons. The van der Waals surface area contributed by atoms with Gasteiger partial charge in [0.1, 0.15) is 0 Å². The molecule has 6 heteroatoms. The van der Waals surface area contributed by atoms with E-state index < -0.39 is 5.97 Å². The number of methoxy groups -OCH3 is 1. The van der Waals surface area contributed by atoms with E-state index in [0.717, 1.165) is 17.0 Å². The van der Waals surface area contributed by atoms with Crippen molar-refractivity contribution in [1.82, 2.24) is 15.1 Å². The first-order valence-corrected chi connectivity index (χ1v) is 6.39. The van der Waals surface area contributed by atoms with Crippen LogP contribution in [0.3, 0.4) is 0 Å². The maximum atomic E-state index is 11.5. The number of rotatable bonds is 5. The quantitative estimate of drug-likeness (QED) is 0.842. The number of ether oxygens (including phenoxy) is 1. The molecule has 0 bridgehead atoms. The summed E-state index contributed by atoms with van der Waals surface area (Å²) in [5, 5.41) is 7.67. The molecule has 0 aliphatic rings. The highest BCUT2D eigenvalue weighted by molar-refractivity contribution is 5.87. The molecule has 0 spiro atoms. The van der Waals surface area contributed by atoms with Gasteiger partial charge in [0.05, 0.1) is 19.1 Å². The number of aryl methyl sites for hydroxylation is 2. The Morgan fingerprint density at radius 3 is 2.80 bits per heavy atom. The number of esters is 1. The summed E-state index contributed by atoms with van der Waals surface area (Å²) in [4.78, 5) is 11.5. The minimum Gasteiger partial charge on any atom is -0.463 e. The molecule has 0 amide bonds. The molecular weight excluding hydrogens is 258 g/mol. The normalized spacial score (nSPS) is 10.8. The van der Waals surface area contributed by atoms with Crippen molar-refractivity contribution in [2.45, 2.75) is 26.9 Å². The van der Waals surface area contributed by atoms with E-state index in [2.05, 4.69) is 15.2 Å². The van der Waals surface area contributed by atoms with Crippen molar-refractivity contribution in [3.63, 3.8) is 0 Å². The predicted octanol–water partition coefficient (Wildman–Crippen LogP) is 1.71. The molecule has 2 aromatic rings. The van der Waals surface area contributed by atoms with Crippen LogP contribution in [0.5, 0.6) is 0 Å². The third-order valence-electron chi connectivity index (χ3n) is 3.39. The molecule has 1 N–H and O–H groups in total. The van der Waals surface area contributed by atoms with E-state index in [0.29, 0.717) is 13.1 Å². The Kier molecular flexibility index (Phi) is 4.24. The zero-order valence-corrected chi connectivity index (χ0v) is 12.2. The number of nitrogens with zero attached hydrogens (tertiary/aromatic N) is 2. The van der Waals surface area contributed by atoms with Gasteiger partial charge in [0.2, 0.25) is 5.76 Å². The van der Waals surface area contributed by atoms with Gasteiger partial charge < -0.3 is 14.5 Å². The van der Waals surface area contributed by atoms with Gasteiger partial charge in [-0.05, 0) is 19.9 Å². The fourth-order valence-corrected chi connectivity index (χ4v) is 2.14. The summed E-state index contributed by atoms with van der Waals surface area (Å²) in [5.41, 5.74) is 4.11. The summed E-state index contributed by atoms with van der Waals surface area (Å²) in [6.45, 7) is 5.25. The maximum absolute atomic E-state index is 11.5. The Morgan fingerprint density at radius 2 is 2.20 bits per heavy atom. The smallest absolute Gasteiger partial charge is 0.374 e. The lowest BCUT2D eigenvalue weighted by molar-refractivity contribution is 0.0563. The lowest BCUT2D eigenvalue weighted by Crippen LogP contribution is -2.15. The fourth-order valence-electron chi connectivity index (χ4n) is 2.14. The Hall–Kier alpha value is -2.08. The zero-order valence-electron chi connectivity index (χ0n) is 12.2. The number of hydrogen-bond donors (Lipinski definition) is 1. The van der Waals surface area contributed by atoms with Crippen LogP contribution < -0.4 is 5.32 Å². The van der Waals surface area contributed by atoms with Crippen molar-refractivity contribution in [2.24, 2.45) is 7.05 Å². The molecule has 2 aromatic heterocycles. The molecular formula is C14H19N3O3. The number of hydrogen-bond acceptors (Lipinski definition) is 5. The van der Waals surface area contributed by atoms with Gasteiger partial charge in [-0.2, -0.15) is 5.10 Å². The zero-order chi connectivity index (χ0) is 14.7. The Bertz CT molecular complexity index is 613. The van der Waals surface area contributed by atoms with E-state index >= 15 is 0 Å². The van der Waals surface area contributed by atoms with E-state index in [1.807, 2.05) is 25.6 Å². The highest BCUT2D eigenvalue weighted by Crippen LogP contribution is 2.14. The van der Waals surface area contributed by atoms with E-state index in [1.54, 1.807) is 6.07 Å². The molecule has 0 unspecified atom stereocenters. The highest BCUT2D eigenvalue weighted by atomic mass is 16.5. The molecule has 0 saturated carbocycles. The molecule has 0 aliphatic carbocycles. The van der Waals surface area contributed by atoms with Crippen molar-refractivity contribution in [2.75, 3.05) is 7.11 Å². The summed E-state index contributed by atoms with van der Waals surface area (Å²) >= 11 is 0. The second-order valence-electron chi connectivity index (χ2n) is 4.64. The van der Waals surface area contributed by atoms with E-state index in [9.17, 15) is 4.79 Å². The van der Waals surface area contributed by atoms with Gasteiger partial charge in [0.15, 0.2) is 0 Å². The Balaban J connectivity index is 2.00. The van der Waals surface area contributed by atoms with Gasteiger partial charge in [0, 0.05) is 37.0 Å². The first-order chi connectivity index (χ1) is 9.54. The van der Waals surface area contributed by atoms with Gasteiger partial charge in [-0.3, -0.25) is 4.68 Å². The average Bonchev–Trinajstić information content (AvgIpc) is 2.98. The number of furan rings is 1. The topological polar surface area (TPSA) is 69.3 Å². The molecule has 0 fully saturated rings. The minimum atomic E-state index is -0.458. The molecule has 0 radical (unpaired) electrons. The number of carbonyl (C=O) groups is 1. The SMILES string of the molecule is COC(=O)c1occc1CNCc1c(C)nn(C)c1C. The van der Waals surface area contributed by atoms with Crippen LogP contribution in [0.25, 0.3) is 0 Å². The second-order valence-corrected chi connectivity index (χ2v) is 4.64. The summed E-state index contributed by atoms with van der Waals surface area (Å²) in [6.07, 6.45) is 1.49. The van der Waals surface area contributed by atoms with Gasteiger partial charge in [-0.25, -0.2) is 4.79 Å². The highest BCUT2D eigenvalue weighted by Gasteiger charge is 2.15.